The van der Waals surface area contributed by atoms with Crippen molar-refractivity contribution < 1.29 is 14.6 Å². The standard InChI is InChI=1S/C14H20N4O3/c1-8(2)11(7-21-4)17-12-9-6-16-18(3)13(9)15-5-10(12)14(19)20/h5-6,8,11H,7H2,1-4H3,(H,15,17)(H,19,20). The smallest absolute Gasteiger partial charge is 0.339 e. The van der Waals surface area contributed by atoms with E-state index >= 15 is 0 Å². The van der Waals surface area contributed by atoms with Crippen LogP contribution in [0.15, 0.2) is 12.4 Å². The normalized spacial score (nSPS) is 12.8. The van der Waals surface area contributed by atoms with Crippen molar-refractivity contribution in [3.8, 4) is 0 Å². The third-order valence-corrected chi connectivity index (χ3v) is 3.47. The van der Waals surface area contributed by atoms with Gasteiger partial charge in [-0.05, 0) is 5.92 Å². The number of hydrogen-bond acceptors (Lipinski definition) is 5. The van der Waals surface area contributed by atoms with Gasteiger partial charge in [-0.2, -0.15) is 5.10 Å². The summed E-state index contributed by atoms with van der Waals surface area (Å²) in [4.78, 5) is 15.6. The van der Waals surface area contributed by atoms with Gasteiger partial charge >= 0.3 is 5.97 Å². The Balaban J connectivity index is 2.53. The number of nitrogens with zero attached hydrogens (tertiary/aromatic N) is 3. The molecule has 0 saturated heterocycles. The summed E-state index contributed by atoms with van der Waals surface area (Å²) in [6.45, 7) is 4.60. The monoisotopic (exact) mass is 292 g/mol. The summed E-state index contributed by atoms with van der Waals surface area (Å²) in [6.07, 6.45) is 2.99. The van der Waals surface area contributed by atoms with Gasteiger partial charge in [0.15, 0.2) is 5.65 Å². The molecular weight excluding hydrogens is 272 g/mol. The van der Waals surface area contributed by atoms with Crippen LogP contribution in [-0.4, -0.2) is 45.6 Å². The Morgan fingerprint density at radius 1 is 1.48 bits per heavy atom. The molecule has 1 unspecified atom stereocenters. The number of hydrogen-bond donors (Lipinski definition) is 2. The minimum Gasteiger partial charge on any atom is -0.478 e. The molecule has 21 heavy (non-hydrogen) atoms. The number of carboxylic acids is 1. The SMILES string of the molecule is COCC(Nc1c(C(=O)O)cnc2c1cnn2C)C(C)C. The Kier molecular flexibility index (Phi) is 4.42. The molecule has 0 radical (unpaired) electrons. The van der Waals surface area contributed by atoms with E-state index in [1.807, 2.05) is 0 Å². The summed E-state index contributed by atoms with van der Waals surface area (Å²) in [5, 5.41) is 17.5. The summed E-state index contributed by atoms with van der Waals surface area (Å²) in [6, 6.07) is -0.00101. The van der Waals surface area contributed by atoms with Gasteiger partial charge in [0.05, 0.1) is 29.9 Å². The summed E-state index contributed by atoms with van der Waals surface area (Å²) < 4.78 is 6.83. The second kappa shape index (κ2) is 6.09. The van der Waals surface area contributed by atoms with Crippen molar-refractivity contribution in [3.63, 3.8) is 0 Å². The van der Waals surface area contributed by atoms with Crippen LogP contribution >= 0.6 is 0 Å². The molecule has 2 N–H and O–H groups in total. The lowest BCUT2D eigenvalue weighted by Crippen LogP contribution is -2.31. The highest BCUT2D eigenvalue weighted by atomic mass is 16.5. The number of anilines is 1. The van der Waals surface area contributed by atoms with Crippen molar-refractivity contribution >= 4 is 22.7 Å². The Hall–Kier alpha value is -2.15. The third kappa shape index (κ3) is 2.97. The van der Waals surface area contributed by atoms with Crippen LogP contribution in [0.1, 0.15) is 24.2 Å². The van der Waals surface area contributed by atoms with Gasteiger partial charge in [0.2, 0.25) is 0 Å². The maximum Gasteiger partial charge on any atom is 0.339 e. The van der Waals surface area contributed by atoms with Crippen LogP contribution < -0.4 is 5.32 Å². The predicted octanol–water partition coefficient (Wildman–Crippen LogP) is 1.75. The van der Waals surface area contributed by atoms with Crippen molar-refractivity contribution in [2.45, 2.75) is 19.9 Å². The molecule has 0 spiro atoms. The molecule has 0 saturated carbocycles. The van der Waals surface area contributed by atoms with Gasteiger partial charge < -0.3 is 15.2 Å². The van der Waals surface area contributed by atoms with Crippen molar-refractivity contribution in [3.05, 3.63) is 18.0 Å². The molecule has 0 aliphatic carbocycles. The second-order valence-electron chi connectivity index (χ2n) is 5.31. The van der Waals surface area contributed by atoms with Gasteiger partial charge in [0, 0.05) is 20.4 Å². The fourth-order valence-corrected chi connectivity index (χ4v) is 2.18. The van der Waals surface area contributed by atoms with Crippen LogP contribution in [0.4, 0.5) is 5.69 Å². The number of nitrogens with one attached hydrogen (secondary N) is 1. The molecule has 7 heteroatoms. The fraction of sp³-hybridized carbons (Fsp3) is 0.500. The number of ether oxygens (including phenoxy) is 1. The topological polar surface area (TPSA) is 89.3 Å². The first-order valence-corrected chi connectivity index (χ1v) is 6.75. The molecule has 1 atom stereocenters. The summed E-state index contributed by atoms with van der Waals surface area (Å²) in [7, 11) is 3.40. The van der Waals surface area contributed by atoms with Crippen LogP contribution in [0.3, 0.4) is 0 Å². The Morgan fingerprint density at radius 3 is 2.76 bits per heavy atom. The number of fused-ring (bicyclic) bond motifs is 1. The number of aryl methyl sites for hydroxylation is 1. The van der Waals surface area contributed by atoms with Gasteiger partial charge in [-0.3, -0.25) is 4.68 Å². The van der Waals surface area contributed by atoms with Gasteiger partial charge in [-0.25, -0.2) is 9.78 Å². The Labute approximate surface area is 122 Å². The number of carbonyl (C=O) groups is 1. The van der Waals surface area contributed by atoms with E-state index < -0.39 is 5.97 Å². The molecule has 0 aliphatic heterocycles. The molecule has 2 heterocycles. The Bertz CT molecular complexity index is 651. The van der Waals surface area contributed by atoms with E-state index in [2.05, 4.69) is 29.2 Å². The van der Waals surface area contributed by atoms with Crippen molar-refractivity contribution in [2.24, 2.45) is 13.0 Å². The van der Waals surface area contributed by atoms with Crippen molar-refractivity contribution in [1.82, 2.24) is 14.8 Å². The maximum absolute atomic E-state index is 11.4. The maximum atomic E-state index is 11.4. The van der Waals surface area contributed by atoms with Crippen LogP contribution in [0, 0.1) is 5.92 Å². The number of pyridine rings is 1. The van der Waals surface area contributed by atoms with Gasteiger partial charge in [-0.1, -0.05) is 13.8 Å². The molecule has 0 aliphatic rings. The second-order valence-corrected chi connectivity index (χ2v) is 5.31. The largest absolute Gasteiger partial charge is 0.478 e. The van der Waals surface area contributed by atoms with E-state index in [-0.39, 0.29) is 17.5 Å². The van der Waals surface area contributed by atoms with Crippen LogP contribution in [0.2, 0.25) is 0 Å². The molecule has 0 fully saturated rings. The van der Waals surface area contributed by atoms with Crippen molar-refractivity contribution in [1.29, 1.82) is 0 Å². The molecule has 2 rings (SSSR count). The van der Waals surface area contributed by atoms with E-state index in [9.17, 15) is 9.90 Å². The molecule has 2 aromatic rings. The van der Waals surface area contributed by atoms with Crippen molar-refractivity contribution in [2.75, 3.05) is 19.0 Å². The first-order valence-electron chi connectivity index (χ1n) is 6.75. The first kappa shape index (κ1) is 15.2. The number of aromatic carboxylic acids is 1. The van der Waals surface area contributed by atoms with Gasteiger partial charge in [0.25, 0.3) is 0 Å². The van der Waals surface area contributed by atoms with E-state index in [1.54, 1.807) is 25.0 Å². The summed E-state index contributed by atoms with van der Waals surface area (Å²) in [5.41, 5.74) is 1.32. The lowest BCUT2D eigenvalue weighted by molar-refractivity contribution is 0.0697. The molecule has 0 aromatic carbocycles. The predicted molar refractivity (Wildman–Crippen MR) is 79.6 cm³/mol. The van der Waals surface area contributed by atoms with Crippen LogP contribution in [0.5, 0.6) is 0 Å². The average molecular weight is 292 g/mol. The molecular formula is C14H20N4O3. The zero-order valence-electron chi connectivity index (χ0n) is 12.6. The molecule has 2 aromatic heterocycles. The highest BCUT2D eigenvalue weighted by Crippen LogP contribution is 2.27. The zero-order chi connectivity index (χ0) is 15.6. The quantitative estimate of drug-likeness (QED) is 0.843. The zero-order valence-corrected chi connectivity index (χ0v) is 12.6. The minimum absolute atomic E-state index is 0.00101. The molecule has 0 bridgehead atoms. The third-order valence-electron chi connectivity index (χ3n) is 3.47. The van der Waals surface area contributed by atoms with E-state index in [0.717, 1.165) is 0 Å². The molecule has 0 amide bonds. The van der Waals surface area contributed by atoms with E-state index in [4.69, 9.17) is 4.74 Å². The van der Waals surface area contributed by atoms with Gasteiger partial charge in [0.1, 0.15) is 5.56 Å². The lowest BCUT2D eigenvalue weighted by atomic mass is 10.0. The average Bonchev–Trinajstić information content (AvgIpc) is 2.80. The summed E-state index contributed by atoms with van der Waals surface area (Å²) in [5.74, 6) is -0.734. The number of carboxylic acid groups (broad SMARTS) is 1. The lowest BCUT2D eigenvalue weighted by Gasteiger charge is -2.24. The fourth-order valence-electron chi connectivity index (χ4n) is 2.18. The molecule has 114 valence electrons. The van der Waals surface area contributed by atoms with Crippen LogP contribution in [-0.2, 0) is 11.8 Å². The Morgan fingerprint density at radius 2 is 2.19 bits per heavy atom. The van der Waals surface area contributed by atoms with Crippen LogP contribution in [0.25, 0.3) is 11.0 Å². The number of rotatable bonds is 6. The number of aromatic nitrogens is 3. The highest BCUT2D eigenvalue weighted by Gasteiger charge is 2.21. The van der Waals surface area contributed by atoms with E-state index in [0.29, 0.717) is 23.3 Å². The van der Waals surface area contributed by atoms with E-state index in [1.165, 1.54) is 6.20 Å². The van der Waals surface area contributed by atoms with Gasteiger partial charge in [-0.15, -0.1) is 0 Å². The summed E-state index contributed by atoms with van der Waals surface area (Å²) >= 11 is 0. The highest BCUT2D eigenvalue weighted by molar-refractivity contribution is 6.03. The number of methoxy groups -OCH3 is 1. The first-order chi connectivity index (χ1) is 9.95. The minimum atomic E-state index is -1.02. The molecule has 7 nitrogen and oxygen atoms in total.